The van der Waals surface area contributed by atoms with Gasteiger partial charge in [0.1, 0.15) is 6.33 Å². The summed E-state index contributed by atoms with van der Waals surface area (Å²) >= 11 is 3.68. The van der Waals surface area contributed by atoms with Gasteiger partial charge in [0.2, 0.25) is 0 Å². The molecule has 3 heterocycles. The summed E-state index contributed by atoms with van der Waals surface area (Å²) in [5.41, 5.74) is 5.93. The van der Waals surface area contributed by atoms with E-state index < -0.39 is 0 Å². The van der Waals surface area contributed by atoms with Gasteiger partial charge in [0.25, 0.3) is 0 Å². The van der Waals surface area contributed by atoms with Crippen LogP contribution in [0.3, 0.4) is 0 Å². The van der Waals surface area contributed by atoms with E-state index in [-0.39, 0.29) is 0 Å². The normalized spacial score (nSPS) is 11.2. The van der Waals surface area contributed by atoms with Gasteiger partial charge in [0.15, 0.2) is 0 Å². The van der Waals surface area contributed by atoms with Crippen molar-refractivity contribution in [3.05, 3.63) is 68.3 Å². The lowest BCUT2D eigenvalue weighted by Gasteiger charge is -2.10. The molecule has 0 aliphatic heterocycles. The molecule has 0 radical (unpaired) electrons. The number of aromatic nitrogens is 2. The number of thiophene rings is 2. The van der Waals surface area contributed by atoms with E-state index >= 15 is 0 Å². The summed E-state index contributed by atoms with van der Waals surface area (Å²) in [6.45, 7) is 8.72. The monoisotopic (exact) mass is 364 g/mol. The number of benzene rings is 1. The number of imidazole rings is 1. The van der Waals surface area contributed by atoms with Crippen LogP contribution in [0, 0.1) is 27.7 Å². The van der Waals surface area contributed by atoms with Crippen molar-refractivity contribution in [1.82, 2.24) is 9.55 Å². The largest absolute Gasteiger partial charge is 0.298 e. The highest BCUT2D eigenvalue weighted by atomic mass is 32.1. The molecule has 0 spiro atoms. The summed E-state index contributed by atoms with van der Waals surface area (Å²) in [6.07, 6.45) is 1.96. The Morgan fingerprint density at radius 1 is 0.800 bits per heavy atom. The zero-order chi connectivity index (χ0) is 17.6. The fourth-order valence-electron chi connectivity index (χ4n) is 3.32. The van der Waals surface area contributed by atoms with Crippen molar-refractivity contribution in [1.29, 1.82) is 0 Å². The van der Waals surface area contributed by atoms with Crippen LogP contribution in [-0.4, -0.2) is 9.55 Å². The van der Waals surface area contributed by atoms with Gasteiger partial charge in [-0.1, -0.05) is 18.2 Å². The Bertz CT molecular complexity index is 1040. The maximum Gasteiger partial charge on any atom is 0.100 e. The molecular formula is C21H20N2S2. The van der Waals surface area contributed by atoms with Crippen LogP contribution in [0.5, 0.6) is 0 Å². The van der Waals surface area contributed by atoms with E-state index in [2.05, 4.69) is 68.7 Å². The van der Waals surface area contributed by atoms with E-state index in [1.165, 1.54) is 36.3 Å². The molecule has 0 aliphatic carbocycles. The van der Waals surface area contributed by atoms with Gasteiger partial charge < -0.3 is 0 Å². The molecule has 25 heavy (non-hydrogen) atoms. The van der Waals surface area contributed by atoms with Gasteiger partial charge in [-0.05, 0) is 52.0 Å². The Morgan fingerprint density at radius 3 is 1.96 bits per heavy atom. The molecule has 3 aromatic heterocycles. The lowest BCUT2D eigenvalue weighted by Crippen LogP contribution is -1.96. The summed E-state index contributed by atoms with van der Waals surface area (Å²) < 4.78 is 2.22. The molecule has 4 heteroatoms. The third-order valence-electron chi connectivity index (χ3n) is 4.39. The number of rotatable bonds is 3. The van der Waals surface area contributed by atoms with Gasteiger partial charge in [-0.2, -0.15) is 0 Å². The molecule has 0 aliphatic rings. The maximum atomic E-state index is 4.84. The van der Waals surface area contributed by atoms with Crippen LogP contribution < -0.4 is 0 Å². The minimum Gasteiger partial charge on any atom is -0.298 e. The summed E-state index contributed by atoms with van der Waals surface area (Å²) in [5, 5.41) is 0. The maximum absolute atomic E-state index is 4.84. The van der Waals surface area contributed by atoms with E-state index in [0.717, 1.165) is 11.4 Å². The van der Waals surface area contributed by atoms with E-state index in [4.69, 9.17) is 4.98 Å². The minimum atomic E-state index is 1.08. The smallest absolute Gasteiger partial charge is 0.100 e. The van der Waals surface area contributed by atoms with Crippen molar-refractivity contribution in [3.8, 4) is 28.2 Å². The van der Waals surface area contributed by atoms with E-state index in [1.54, 1.807) is 0 Å². The molecule has 1 aromatic carbocycles. The molecule has 0 N–H and O–H groups in total. The molecule has 0 atom stereocenters. The Hall–Kier alpha value is -2.17. The first kappa shape index (κ1) is 16.3. The van der Waals surface area contributed by atoms with Crippen molar-refractivity contribution in [2.75, 3.05) is 0 Å². The number of aryl methyl sites for hydroxylation is 4. The van der Waals surface area contributed by atoms with Gasteiger partial charge in [0, 0.05) is 36.3 Å². The third-order valence-corrected chi connectivity index (χ3v) is 6.33. The van der Waals surface area contributed by atoms with Gasteiger partial charge >= 0.3 is 0 Å². The second-order valence-electron chi connectivity index (χ2n) is 6.30. The second kappa shape index (κ2) is 6.28. The molecule has 0 amide bonds. The molecule has 0 saturated carbocycles. The Morgan fingerprint density at radius 2 is 1.40 bits per heavy atom. The number of nitrogens with zero attached hydrogens (tertiary/aromatic N) is 2. The quantitative estimate of drug-likeness (QED) is 0.402. The van der Waals surface area contributed by atoms with Crippen molar-refractivity contribution in [3.63, 3.8) is 0 Å². The SMILES string of the molecule is Cc1cc(-c2ncn(-c3ccccc3)c2-c2cc(C)sc2C)c(C)s1. The summed E-state index contributed by atoms with van der Waals surface area (Å²) in [6, 6.07) is 15.0. The highest BCUT2D eigenvalue weighted by molar-refractivity contribution is 7.12. The fourth-order valence-corrected chi connectivity index (χ4v) is 5.17. The molecule has 2 nitrogen and oxygen atoms in total. The first-order valence-electron chi connectivity index (χ1n) is 8.32. The van der Waals surface area contributed by atoms with Gasteiger partial charge in [-0.3, -0.25) is 4.57 Å². The molecule has 4 rings (SSSR count). The number of hydrogen-bond acceptors (Lipinski definition) is 3. The Kier molecular flexibility index (Phi) is 4.10. The van der Waals surface area contributed by atoms with Crippen LogP contribution in [0.1, 0.15) is 19.5 Å². The standard InChI is InChI=1S/C21H20N2S2/c1-13-10-18(15(3)24-13)20-21(19-11-14(2)25-16(19)4)23(12-22-20)17-8-6-5-7-9-17/h5-12H,1-4H3. The number of hydrogen-bond donors (Lipinski definition) is 0. The molecule has 0 bridgehead atoms. The Labute approximate surface area is 156 Å². The van der Waals surface area contributed by atoms with E-state index in [1.807, 2.05) is 35.1 Å². The molecule has 0 unspecified atom stereocenters. The van der Waals surface area contributed by atoms with Crippen LogP contribution in [-0.2, 0) is 0 Å². The third kappa shape index (κ3) is 2.86. The van der Waals surface area contributed by atoms with Crippen LogP contribution in [0.25, 0.3) is 28.2 Å². The molecule has 4 aromatic rings. The van der Waals surface area contributed by atoms with Gasteiger partial charge in [-0.15, -0.1) is 22.7 Å². The average molecular weight is 365 g/mol. The molecular weight excluding hydrogens is 344 g/mol. The van der Waals surface area contributed by atoms with Crippen LogP contribution in [0.15, 0.2) is 48.8 Å². The van der Waals surface area contributed by atoms with Crippen molar-refractivity contribution < 1.29 is 0 Å². The van der Waals surface area contributed by atoms with Gasteiger partial charge in [-0.25, -0.2) is 4.98 Å². The molecule has 126 valence electrons. The first-order valence-corrected chi connectivity index (χ1v) is 9.95. The highest BCUT2D eigenvalue weighted by Gasteiger charge is 2.21. The molecule has 0 saturated heterocycles. The summed E-state index contributed by atoms with van der Waals surface area (Å²) in [4.78, 5) is 10.1. The van der Waals surface area contributed by atoms with Crippen LogP contribution >= 0.6 is 22.7 Å². The predicted octanol–water partition coefficient (Wildman–Crippen LogP) is 6.56. The predicted molar refractivity (Wildman–Crippen MR) is 109 cm³/mol. The molecule has 0 fully saturated rings. The lowest BCUT2D eigenvalue weighted by molar-refractivity contribution is 1.06. The number of para-hydroxylation sites is 1. The van der Waals surface area contributed by atoms with E-state index in [0.29, 0.717) is 0 Å². The summed E-state index contributed by atoms with van der Waals surface area (Å²) in [7, 11) is 0. The first-order chi connectivity index (χ1) is 12.0. The second-order valence-corrected chi connectivity index (χ2v) is 9.22. The minimum absolute atomic E-state index is 1.08. The van der Waals surface area contributed by atoms with Crippen molar-refractivity contribution in [2.24, 2.45) is 0 Å². The van der Waals surface area contributed by atoms with Crippen molar-refractivity contribution >= 4 is 22.7 Å². The zero-order valence-electron chi connectivity index (χ0n) is 14.8. The Balaban J connectivity index is 2.02. The highest BCUT2D eigenvalue weighted by Crippen LogP contribution is 2.40. The van der Waals surface area contributed by atoms with Crippen LogP contribution in [0.2, 0.25) is 0 Å². The van der Waals surface area contributed by atoms with Crippen LogP contribution in [0.4, 0.5) is 0 Å². The topological polar surface area (TPSA) is 17.8 Å². The van der Waals surface area contributed by atoms with E-state index in [9.17, 15) is 0 Å². The van der Waals surface area contributed by atoms with Crippen molar-refractivity contribution in [2.45, 2.75) is 27.7 Å². The zero-order valence-corrected chi connectivity index (χ0v) is 16.5. The summed E-state index contributed by atoms with van der Waals surface area (Å²) in [5.74, 6) is 0. The fraction of sp³-hybridized carbons (Fsp3) is 0.190. The van der Waals surface area contributed by atoms with Gasteiger partial charge in [0.05, 0.1) is 11.4 Å². The average Bonchev–Trinajstić information content (AvgIpc) is 3.24. The lowest BCUT2D eigenvalue weighted by atomic mass is 10.1.